The predicted molar refractivity (Wildman–Crippen MR) is 73.0 cm³/mol. The fraction of sp³-hybridized carbons (Fsp3) is 0.636. The Kier molecular flexibility index (Phi) is 4.36. The highest BCUT2D eigenvalue weighted by Gasteiger charge is 2.14. The number of hydrogen-bond donors (Lipinski definition) is 1. The van der Waals surface area contributed by atoms with Crippen LogP contribution in [0.5, 0.6) is 0 Å². The molecule has 1 aromatic rings. The number of likely N-dealkylation sites (N-methyl/N-ethyl adjacent to an activating group) is 1. The summed E-state index contributed by atoms with van der Waals surface area (Å²) in [6.45, 7) is 5.19. The molecule has 0 saturated carbocycles. The molecule has 0 amide bonds. The Labute approximate surface area is 113 Å². The number of aromatic nitrogens is 2. The molecule has 1 aromatic heterocycles. The molecule has 0 spiro atoms. The molecule has 1 saturated heterocycles. The topological polar surface area (TPSA) is 61.3 Å². The lowest BCUT2D eigenvalue weighted by Crippen LogP contribution is -2.47. The third-order valence-electron chi connectivity index (χ3n) is 3.25. The Hall–Kier alpha value is -0.920. The average Bonchev–Trinajstić information content (AvgIpc) is 2.36. The van der Waals surface area contributed by atoms with Crippen LogP contribution < -0.4 is 11.2 Å². The van der Waals surface area contributed by atoms with Crippen LogP contribution in [-0.2, 0) is 6.54 Å². The molecule has 2 heterocycles. The zero-order chi connectivity index (χ0) is 13.1. The van der Waals surface area contributed by atoms with E-state index in [9.17, 15) is 9.59 Å². The summed E-state index contributed by atoms with van der Waals surface area (Å²) < 4.78 is 1.63. The van der Waals surface area contributed by atoms with Gasteiger partial charge in [-0.25, -0.2) is 4.79 Å². The number of nitrogens with zero attached hydrogens (tertiary/aromatic N) is 3. The van der Waals surface area contributed by atoms with E-state index < -0.39 is 0 Å². The molecule has 18 heavy (non-hydrogen) atoms. The fourth-order valence-electron chi connectivity index (χ4n) is 2.00. The van der Waals surface area contributed by atoms with Gasteiger partial charge in [0.05, 0.1) is 4.47 Å². The van der Waals surface area contributed by atoms with Crippen molar-refractivity contribution in [1.29, 1.82) is 0 Å². The van der Waals surface area contributed by atoms with Crippen LogP contribution in [0.1, 0.15) is 0 Å². The largest absolute Gasteiger partial charge is 0.328 e. The third kappa shape index (κ3) is 3.09. The van der Waals surface area contributed by atoms with E-state index in [4.69, 9.17) is 0 Å². The van der Waals surface area contributed by atoms with Crippen molar-refractivity contribution in [2.45, 2.75) is 6.54 Å². The second-order valence-corrected chi connectivity index (χ2v) is 5.40. The van der Waals surface area contributed by atoms with Crippen LogP contribution in [-0.4, -0.2) is 59.1 Å². The lowest BCUT2D eigenvalue weighted by atomic mass is 10.3. The van der Waals surface area contributed by atoms with Crippen molar-refractivity contribution in [1.82, 2.24) is 19.4 Å². The van der Waals surface area contributed by atoms with E-state index in [-0.39, 0.29) is 11.2 Å². The van der Waals surface area contributed by atoms with Gasteiger partial charge in [-0.15, -0.1) is 0 Å². The second kappa shape index (κ2) is 5.81. The van der Waals surface area contributed by atoms with E-state index >= 15 is 0 Å². The standard InChI is InChI=1S/C11H17BrN4O2/c1-14-2-4-15(5-3-14)6-7-16-10(17)9(12)8-13-11(16)18/h8H,2-7H2,1H3,(H,13,18). The number of nitrogens with one attached hydrogen (secondary N) is 1. The van der Waals surface area contributed by atoms with Gasteiger partial charge in [0.15, 0.2) is 0 Å². The first-order chi connectivity index (χ1) is 8.58. The highest BCUT2D eigenvalue weighted by molar-refractivity contribution is 9.10. The monoisotopic (exact) mass is 316 g/mol. The highest BCUT2D eigenvalue weighted by atomic mass is 79.9. The number of rotatable bonds is 3. The molecular formula is C11H17BrN4O2. The lowest BCUT2D eigenvalue weighted by molar-refractivity contribution is 0.149. The zero-order valence-corrected chi connectivity index (χ0v) is 11.9. The Balaban J connectivity index is 2.01. The lowest BCUT2D eigenvalue weighted by Gasteiger charge is -2.32. The molecule has 0 bridgehead atoms. The molecule has 0 radical (unpaired) electrons. The van der Waals surface area contributed by atoms with Crippen molar-refractivity contribution in [3.8, 4) is 0 Å². The number of hydrogen-bond acceptors (Lipinski definition) is 4. The predicted octanol–water partition coefficient (Wildman–Crippen LogP) is -0.453. The van der Waals surface area contributed by atoms with Crippen LogP contribution >= 0.6 is 15.9 Å². The maximum Gasteiger partial charge on any atom is 0.328 e. The van der Waals surface area contributed by atoms with Crippen LogP contribution in [0.15, 0.2) is 20.3 Å². The molecule has 100 valence electrons. The van der Waals surface area contributed by atoms with Crippen molar-refractivity contribution < 1.29 is 0 Å². The SMILES string of the molecule is CN1CCN(CCn2c(=O)[nH]cc(Br)c2=O)CC1. The Bertz CT molecular complexity index is 517. The zero-order valence-electron chi connectivity index (χ0n) is 10.4. The van der Waals surface area contributed by atoms with E-state index in [0.29, 0.717) is 11.0 Å². The van der Waals surface area contributed by atoms with Gasteiger partial charge >= 0.3 is 5.69 Å². The van der Waals surface area contributed by atoms with Gasteiger partial charge < -0.3 is 9.88 Å². The number of halogens is 1. The summed E-state index contributed by atoms with van der Waals surface area (Å²) in [6, 6.07) is 0. The van der Waals surface area contributed by atoms with Crippen molar-refractivity contribution >= 4 is 15.9 Å². The Morgan fingerprint density at radius 3 is 2.56 bits per heavy atom. The van der Waals surface area contributed by atoms with Gasteiger partial charge in [-0.1, -0.05) is 0 Å². The van der Waals surface area contributed by atoms with Crippen molar-refractivity contribution in [2.24, 2.45) is 0 Å². The summed E-state index contributed by atoms with van der Waals surface area (Å²) >= 11 is 3.13. The maximum atomic E-state index is 11.8. The molecule has 0 atom stereocenters. The van der Waals surface area contributed by atoms with Crippen molar-refractivity contribution in [2.75, 3.05) is 39.8 Å². The number of aromatic amines is 1. The summed E-state index contributed by atoms with van der Waals surface area (Å²) in [6.07, 6.45) is 1.39. The Morgan fingerprint density at radius 2 is 1.89 bits per heavy atom. The third-order valence-corrected chi connectivity index (χ3v) is 3.82. The molecule has 0 aliphatic carbocycles. The molecule has 6 nitrogen and oxygen atoms in total. The number of piperazine rings is 1. The summed E-state index contributed by atoms with van der Waals surface area (Å²) in [4.78, 5) is 30.4. The van der Waals surface area contributed by atoms with Gasteiger partial charge in [0, 0.05) is 45.5 Å². The molecule has 7 heteroatoms. The van der Waals surface area contributed by atoms with E-state index in [1.165, 1.54) is 10.8 Å². The molecule has 1 aliphatic rings. The minimum atomic E-state index is -0.350. The summed E-state index contributed by atoms with van der Waals surface area (Å²) in [5.74, 6) is 0. The van der Waals surface area contributed by atoms with Gasteiger partial charge in [-0.2, -0.15) is 0 Å². The van der Waals surface area contributed by atoms with Crippen LogP contribution in [0, 0.1) is 0 Å². The second-order valence-electron chi connectivity index (χ2n) is 4.54. The van der Waals surface area contributed by atoms with Crippen LogP contribution in [0.25, 0.3) is 0 Å². The van der Waals surface area contributed by atoms with E-state index in [1.54, 1.807) is 0 Å². The fourth-order valence-corrected chi connectivity index (χ4v) is 2.33. The molecule has 2 rings (SSSR count). The van der Waals surface area contributed by atoms with E-state index in [0.717, 1.165) is 32.7 Å². The molecule has 0 aromatic carbocycles. The summed E-state index contributed by atoms with van der Waals surface area (Å²) in [7, 11) is 2.10. The van der Waals surface area contributed by atoms with Gasteiger partial charge in [-0.05, 0) is 23.0 Å². The number of H-pyrrole nitrogens is 1. The molecule has 1 N–H and O–H groups in total. The molecule has 1 aliphatic heterocycles. The normalized spacial score (nSPS) is 18.1. The van der Waals surface area contributed by atoms with Crippen molar-refractivity contribution in [3.63, 3.8) is 0 Å². The maximum absolute atomic E-state index is 11.8. The van der Waals surface area contributed by atoms with Crippen LogP contribution in [0.2, 0.25) is 0 Å². The van der Waals surface area contributed by atoms with E-state index in [2.05, 4.69) is 37.8 Å². The minimum Gasteiger partial charge on any atom is -0.313 e. The molecule has 0 unspecified atom stereocenters. The first-order valence-electron chi connectivity index (χ1n) is 5.97. The average molecular weight is 317 g/mol. The van der Waals surface area contributed by atoms with Gasteiger partial charge in [-0.3, -0.25) is 14.3 Å². The van der Waals surface area contributed by atoms with Gasteiger partial charge in [0.2, 0.25) is 0 Å². The van der Waals surface area contributed by atoms with E-state index in [1.807, 2.05) is 0 Å². The first kappa shape index (κ1) is 13.5. The molecular weight excluding hydrogens is 300 g/mol. The van der Waals surface area contributed by atoms with Crippen LogP contribution in [0.3, 0.4) is 0 Å². The molecule has 1 fully saturated rings. The van der Waals surface area contributed by atoms with Crippen LogP contribution in [0.4, 0.5) is 0 Å². The quantitative estimate of drug-likeness (QED) is 0.820. The Morgan fingerprint density at radius 1 is 1.22 bits per heavy atom. The summed E-state index contributed by atoms with van der Waals surface area (Å²) in [5.41, 5.74) is -0.620. The highest BCUT2D eigenvalue weighted by Crippen LogP contribution is 1.99. The van der Waals surface area contributed by atoms with Gasteiger partial charge in [0.1, 0.15) is 0 Å². The van der Waals surface area contributed by atoms with Crippen molar-refractivity contribution in [3.05, 3.63) is 31.5 Å². The minimum absolute atomic E-state index is 0.270. The van der Waals surface area contributed by atoms with Gasteiger partial charge in [0.25, 0.3) is 5.56 Å². The first-order valence-corrected chi connectivity index (χ1v) is 6.76. The smallest absolute Gasteiger partial charge is 0.313 e. The summed E-state index contributed by atoms with van der Waals surface area (Å²) in [5, 5.41) is 0.